The quantitative estimate of drug-likeness (QED) is 0.784. The van der Waals surface area contributed by atoms with Crippen molar-refractivity contribution in [2.45, 2.75) is 0 Å². The van der Waals surface area contributed by atoms with Gasteiger partial charge in [-0.2, -0.15) is 0 Å². The number of hydrogen-bond acceptors (Lipinski definition) is 4. The highest BCUT2D eigenvalue weighted by molar-refractivity contribution is 7.20. The Bertz CT molecular complexity index is 706. The van der Waals surface area contributed by atoms with Crippen LogP contribution in [0.5, 0.6) is 0 Å². The third-order valence-electron chi connectivity index (χ3n) is 2.51. The molecule has 0 radical (unpaired) electrons. The van der Waals surface area contributed by atoms with E-state index in [0.29, 0.717) is 15.8 Å². The van der Waals surface area contributed by atoms with Gasteiger partial charge in [-0.3, -0.25) is 4.79 Å². The summed E-state index contributed by atoms with van der Waals surface area (Å²) in [5.74, 6) is 0.185. The van der Waals surface area contributed by atoms with Gasteiger partial charge in [0.1, 0.15) is 5.15 Å². The molecule has 0 spiro atoms. The smallest absolute Gasteiger partial charge is 0.266 e. The molecule has 6 heteroatoms. The number of amides is 1. The molecule has 0 fully saturated rings. The minimum atomic E-state index is -0.196. The Kier molecular flexibility index (Phi) is 3.15. The highest BCUT2D eigenvalue weighted by Crippen LogP contribution is 2.25. The number of hydrogen-bond donors (Lipinski definition) is 1. The fraction of sp³-hybridized carbons (Fsp3) is 0. The van der Waals surface area contributed by atoms with Crippen molar-refractivity contribution >= 4 is 44.7 Å². The van der Waals surface area contributed by atoms with Crippen molar-refractivity contribution < 1.29 is 4.79 Å². The van der Waals surface area contributed by atoms with Crippen LogP contribution in [-0.4, -0.2) is 15.9 Å². The maximum atomic E-state index is 12.1. The maximum absolute atomic E-state index is 12.1. The lowest BCUT2D eigenvalue weighted by Crippen LogP contribution is -2.11. The highest BCUT2D eigenvalue weighted by Gasteiger charge is 2.10. The van der Waals surface area contributed by atoms with Gasteiger partial charge in [-0.15, -0.1) is 11.3 Å². The normalized spacial score (nSPS) is 10.6. The molecule has 0 aliphatic carbocycles. The number of thiophene rings is 1. The zero-order chi connectivity index (χ0) is 13.2. The molecule has 3 aromatic rings. The fourth-order valence-electron chi connectivity index (χ4n) is 1.65. The minimum absolute atomic E-state index is 0.196. The van der Waals surface area contributed by atoms with Crippen molar-refractivity contribution in [2.24, 2.45) is 0 Å². The monoisotopic (exact) mass is 289 g/mol. The van der Waals surface area contributed by atoms with Gasteiger partial charge in [0.2, 0.25) is 0 Å². The Morgan fingerprint density at radius 2 is 2.05 bits per heavy atom. The molecule has 0 bridgehead atoms. The molecule has 3 rings (SSSR count). The molecule has 0 saturated heterocycles. The second-order valence-electron chi connectivity index (χ2n) is 3.83. The molecule has 1 aromatic carbocycles. The Morgan fingerprint density at radius 1 is 1.21 bits per heavy atom. The predicted molar refractivity (Wildman–Crippen MR) is 76.8 cm³/mol. The first-order valence-corrected chi connectivity index (χ1v) is 6.69. The standard InChI is InChI=1S/C13H8ClN3OS/c14-11-6-16-12(7-15-11)17-13(18)10-5-8-3-1-2-4-9(8)19-10/h1-7H,(H,16,17,18). The van der Waals surface area contributed by atoms with E-state index < -0.39 is 0 Å². The summed E-state index contributed by atoms with van der Waals surface area (Å²) in [7, 11) is 0. The van der Waals surface area contributed by atoms with Crippen LogP contribution in [0.2, 0.25) is 5.15 Å². The van der Waals surface area contributed by atoms with Crippen LogP contribution in [0.1, 0.15) is 9.67 Å². The lowest BCUT2D eigenvalue weighted by molar-refractivity contribution is 0.103. The Morgan fingerprint density at radius 3 is 2.79 bits per heavy atom. The summed E-state index contributed by atoms with van der Waals surface area (Å²) in [5.41, 5.74) is 0. The molecule has 0 saturated carbocycles. The summed E-state index contributed by atoms with van der Waals surface area (Å²) < 4.78 is 1.08. The average molecular weight is 290 g/mol. The fourth-order valence-corrected chi connectivity index (χ4v) is 2.70. The summed E-state index contributed by atoms with van der Waals surface area (Å²) in [5, 5.41) is 4.03. The van der Waals surface area contributed by atoms with Crippen molar-refractivity contribution in [2.75, 3.05) is 5.32 Å². The molecule has 4 nitrogen and oxygen atoms in total. The highest BCUT2D eigenvalue weighted by atomic mass is 35.5. The predicted octanol–water partition coefficient (Wildman–Crippen LogP) is 3.60. The third kappa shape index (κ3) is 2.57. The molecule has 94 valence electrons. The van der Waals surface area contributed by atoms with Crippen LogP contribution in [0.25, 0.3) is 10.1 Å². The second kappa shape index (κ2) is 4.95. The average Bonchev–Trinajstić information content (AvgIpc) is 2.85. The third-order valence-corrected chi connectivity index (χ3v) is 3.82. The molecule has 0 unspecified atom stereocenters. The van der Waals surface area contributed by atoms with Crippen molar-refractivity contribution in [3.05, 3.63) is 52.8 Å². The van der Waals surface area contributed by atoms with E-state index in [1.165, 1.54) is 23.7 Å². The van der Waals surface area contributed by atoms with E-state index in [1.807, 2.05) is 30.3 Å². The number of fused-ring (bicyclic) bond motifs is 1. The molecule has 1 amide bonds. The van der Waals surface area contributed by atoms with Crippen LogP contribution < -0.4 is 5.32 Å². The number of halogens is 1. The van der Waals surface area contributed by atoms with Gasteiger partial charge >= 0.3 is 0 Å². The zero-order valence-corrected chi connectivity index (χ0v) is 11.2. The van der Waals surface area contributed by atoms with Crippen molar-refractivity contribution in [3.63, 3.8) is 0 Å². The number of carbonyl (C=O) groups is 1. The van der Waals surface area contributed by atoms with Crippen LogP contribution >= 0.6 is 22.9 Å². The Labute approximate surface area is 118 Å². The van der Waals surface area contributed by atoms with Gasteiger partial charge < -0.3 is 5.32 Å². The molecule has 1 N–H and O–H groups in total. The lowest BCUT2D eigenvalue weighted by Gasteiger charge is -2.01. The van der Waals surface area contributed by atoms with Gasteiger partial charge in [-0.1, -0.05) is 29.8 Å². The molecular weight excluding hydrogens is 282 g/mol. The first-order valence-electron chi connectivity index (χ1n) is 5.50. The Hall–Kier alpha value is -1.98. The number of nitrogens with one attached hydrogen (secondary N) is 1. The number of benzene rings is 1. The topological polar surface area (TPSA) is 54.9 Å². The first-order chi connectivity index (χ1) is 9.22. The van der Waals surface area contributed by atoms with E-state index in [-0.39, 0.29) is 5.91 Å². The van der Waals surface area contributed by atoms with Crippen LogP contribution in [0.4, 0.5) is 5.82 Å². The second-order valence-corrected chi connectivity index (χ2v) is 5.30. The molecule has 19 heavy (non-hydrogen) atoms. The van der Waals surface area contributed by atoms with E-state index in [1.54, 1.807) is 0 Å². The number of nitrogens with zero attached hydrogens (tertiary/aromatic N) is 2. The number of aromatic nitrogens is 2. The van der Waals surface area contributed by atoms with Crippen LogP contribution in [0, 0.1) is 0 Å². The van der Waals surface area contributed by atoms with E-state index >= 15 is 0 Å². The van der Waals surface area contributed by atoms with Gasteiger partial charge in [-0.25, -0.2) is 9.97 Å². The molecule has 2 heterocycles. The van der Waals surface area contributed by atoms with E-state index in [4.69, 9.17) is 11.6 Å². The summed E-state index contributed by atoms with van der Waals surface area (Å²) in [6, 6.07) is 9.72. The molecule has 0 atom stereocenters. The van der Waals surface area contributed by atoms with Crippen LogP contribution in [0.3, 0.4) is 0 Å². The van der Waals surface area contributed by atoms with Crippen LogP contribution in [0.15, 0.2) is 42.7 Å². The van der Waals surface area contributed by atoms with Gasteiger partial charge in [0, 0.05) is 4.70 Å². The maximum Gasteiger partial charge on any atom is 0.266 e. The van der Waals surface area contributed by atoms with Crippen molar-refractivity contribution in [3.8, 4) is 0 Å². The summed E-state index contributed by atoms with van der Waals surface area (Å²) in [6.07, 6.45) is 2.82. The summed E-state index contributed by atoms with van der Waals surface area (Å²) in [6.45, 7) is 0. The number of rotatable bonds is 2. The van der Waals surface area contributed by atoms with Crippen molar-refractivity contribution in [1.82, 2.24) is 9.97 Å². The Balaban J connectivity index is 1.85. The molecular formula is C13H8ClN3OS. The van der Waals surface area contributed by atoms with E-state index in [9.17, 15) is 4.79 Å². The number of anilines is 1. The summed E-state index contributed by atoms with van der Waals surface area (Å²) in [4.78, 5) is 20.5. The molecule has 0 aliphatic rings. The van der Waals surface area contributed by atoms with Gasteiger partial charge in [0.25, 0.3) is 5.91 Å². The van der Waals surface area contributed by atoms with Crippen molar-refractivity contribution in [1.29, 1.82) is 0 Å². The van der Waals surface area contributed by atoms with Gasteiger partial charge in [0.05, 0.1) is 17.3 Å². The number of carbonyl (C=O) groups excluding carboxylic acids is 1. The minimum Gasteiger partial charge on any atom is -0.305 e. The van der Waals surface area contributed by atoms with Crippen LogP contribution in [-0.2, 0) is 0 Å². The first kappa shape index (κ1) is 12.1. The van der Waals surface area contributed by atoms with Gasteiger partial charge in [0.15, 0.2) is 5.82 Å². The summed E-state index contributed by atoms with van der Waals surface area (Å²) >= 11 is 7.08. The lowest BCUT2D eigenvalue weighted by atomic mass is 10.2. The SMILES string of the molecule is O=C(Nc1cnc(Cl)cn1)c1cc2ccccc2s1. The van der Waals surface area contributed by atoms with E-state index in [0.717, 1.165) is 10.1 Å². The molecule has 2 aromatic heterocycles. The van der Waals surface area contributed by atoms with E-state index in [2.05, 4.69) is 15.3 Å². The van der Waals surface area contributed by atoms with Gasteiger partial charge in [-0.05, 0) is 17.5 Å². The largest absolute Gasteiger partial charge is 0.305 e. The zero-order valence-electron chi connectivity index (χ0n) is 9.63. The molecule has 0 aliphatic heterocycles.